The highest BCUT2D eigenvalue weighted by Gasteiger charge is 2.14. The second kappa shape index (κ2) is 6.34. The molecule has 0 aliphatic heterocycles. The van der Waals surface area contributed by atoms with Gasteiger partial charge in [0.1, 0.15) is 11.6 Å². The quantitative estimate of drug-likeness (QED) is 0.638. The Morgan fingerprint density at radius 1 is 1.30 bits per heavy atom. The van der Waals surface area contributed by atoms with Crippen molar-refractivity contribution in [2.75, 3.05) is 31.2 Å². The van der Waals surface area contributed by atoms with Crippen molar-refractivity contribution < 1.29 is 10.2 Å². The van der Waals surface area contributed by atoms with Crippen LogP contribution in [-0.4, -0.2) is 46.5 Å². The van der Waals surface area contributed by atoms with E-state index in [1.54, 1.807) is 17.0 Å². The van der Waals surface area contributed by atoms with Gasteiger partial charge in [0.05, 0.1) is 28.9 Å². The molecule has 0 fully saturated rings. The van der Waals surface area contributed by atoms with Crippen LogP contribution in [0.4, 0.5) is 5.13 Å². The van der Waals surface area contributed by atoms with Crippen LogP contribution in [0, 0.1) is 11.3 Å². The lowest BCUT2D eigenvalue weighted by Crippen LogP contribution is -2.29. The van der Waals surface area contributed by atoms with Crippen molar-refractivity contribution in [2.45, 2.75) is 0 Å². The van der Waals surface area contributed by atoms with E-state index in [0.29, 0.717) is 34.6 Å². The van der Waals surface area contributed by atoms with Gasteiger partial charge in [-0.2, -0.15) is 5.26 Å². The second-order valence-corrected chi connectivity index (χ2v) is 5.94. The van der Waals surface area contributed by atoms with Crippen molar-refractivity contribution in [1.29, 1.82) is 5.26 Å². The molecule has 0 aliphatic carbocycles. The summed E-state index contributed by atoms with van der Waals surface area (Å²) in [5, 5.41) is 28.7. The highest BCUT2D eigenvalue weighted by Crippen LogP contribution is 2.32. The maximum absolute atomic E-state index is 11.7. The summed E-state index contributed by atoms with van der Waals surface area (Å²) in [5.74, 6) is 0. The van der Waals surface area contributed by atoms with E-state index in [-0.39, 0.29) is 18.8 Å². The third-order valence-corrected chi connectivity index (χ3v) is 4.58. The first kappa shape index (κ1) is 15.4. The van der Waals surface area contributed by atoms with Gasteiger partial charge in [0.2, 0.25) is 0 Å². The van der Waals surface area contributed by atoms with Crippen LogP contribution in [0.5, 0.6) is 0 Å². The summed E-state index contributed by atoms with van der Waals surface area (Å²) >= 11 is 1.44. The third-order valence-electron chi connectivity index (χ3n) is 3.50. The Balaban J connectivity index is 2.20. The average molecular weight is 330 g/mol. The van der Waals surface area contributed by atoms with E-state index in [0.717, 1.165) is 4.70 Å². The topological polar surface area (TPSA) is 113 Å². The van der Waals surface area contributed by atoms with Crippen LogP contribution in [0.2, 0.25) is 0 Å². The van der Waals surface area contributed by atoms with Crippen molar-refractivity contribution in [3.05, 3.63) is 34.1 Å². The van der Waals surface area contributed by atoms with E-state index in [4.69, 9.17) is 15.5 Å². The molecule has 0 amide bonds. The van der Waals surface area contributed by atoms with Crippen molar-refractivity contribution in [3.8, 4) is 6.07 Å². The van der Waals surface area contributed by atoms with Crippen molar-refractivity contribution >= 4 is 37.6 Å². The molecule has 0 unspecified atom stereocenters. The standard InChI is InChI=1S/C15H14N4O3S/c16-8-9-7-10-11(17-14(9)22)1-2-12-13(10)18-15(23-12)19(3-5-20)4-6-21/h1-2,7,20-21H,3-6H2,(H,17,22). The molecule has 23 heavy (non-hydrogen) atoms. The molecule has 0 saturated heterocycles. The average Bonchev–Trinajstić information content (AvgIpc) is 2.98. The molecule has 3 rings (SSSR count). The molecule has 7 nitrogen and oxygen atoms in total. The zero-order valence-corrected chi connectivity index (χ0v) is 12.9. The number of aliphatic hydroxyl groups is 2. The molecule has 3 aromatic rings. The lowest BCUT2D eigenvalue weighted by molar-refractivity contribution is 0.281. The highest BCUT2D eigenvalue weighted by atomic mass is 32.1. The van der Waals surface area contributed by atoms with Gasteiger partial charge in [-0.25, -0.2) is 4.98 Å². The Morgan fingerprint density at radius 3 is 2.70 bits per heavy atom. The number of nitrogens with one attached hydrogen (secondary N) is 1. The zero-order valence-electron chi connectivity index (χ0n) is 12.1. The van der Waals surface area contributed by atoms with Crippen molar-refractivity contribution in [3.63, 3.8) is 0 Å². The Hall–Kier alpha value is -2.47. The van der Waals surface area contributed by atoms with Crippen molar-refractivity contribution in [2.24, 2.45) is 0 Å². The van der Waals surface area contributed by atoms with E-state index in [2.05, 4.69) is 9.97 Å². The van der Waals surface area contributed by atoms with Gasteiger partial charge in [0, 0.05) is 18.5 Å². The fraction of sp³-hybridized carbons (Fsp3) is 0.267. The summed E-state index contributed by atoms with van der Waals surface area (Å²) in [6, 6.07) is 7.06. The largest absolute Gasteiger partial charge is 0.395 e. The zero-order chi connectivity index (χ0) is 16.4. The molecule has 3 N–H and O–H groups in total. The van der Waals surface area contributed by atoms with Crippen LogP contribution in [0.1, 0.15) is 5.56 Å². The van der Waals surface area contributed by atoms with Crippen LogP contribution in [0.3, 0.4) is 0 Å². The van der Waals surface area contributed by atoms with Gasteiger partial charge in [-0.3, -0.25) is 4.79 Å². The molecule has 2 heterocycles. The molecular weight excluding hydrogens is 316 g/mol. The first-order valence-corrected chi connectivity index (χ1v) is 7.83. The number of aromatic nitrogens is 2. The van der Waals surface area contributed by atoms with Gasteiger partial charge in [-0.05, 0) is 18.2 Å². The number of aromatic amines is 1. The molecule has 0 atom stereocenters. The molecule has 0 bridgehead atoms. The molecule has 0 radical (unpaired) electrons. The maximum atomic E-state index is 11.7. The molecule has 8 heteroatoms. The van der Waals surface area contributed by atoms with Gasteiger partial charge in [0.15, 0.2) is 5.13 Å². The summed E-state index contributed by atoms with van der Waals surface area (Å²) in [6.07, 6.45) is 0. The van der Waals surface area contributed by atoms with Crippen molar-refractivity contribution in [1.82, 2.24) is 9.97 Å². The number of aliphatic hydroxyl groups excluding tert-OH is 2. The number of rotatable bonds is 5. The molecular formula is C15H14N4O3S. The Kier molecular flexibility index (Phi) is 4.25. The minimum atomic E-state index is -0.419. The predicted octanol–water partition coefficient (Wildman–Crippen LogP) is 0.800. The lowest BCUT2D eigenvalue weighted by atomic mass is 10.1. The summed E-state index contributed by atoms with van der Waals surface area (Å²) in [5.41, 5.74) is 0.935. The number of fused-ring (bicyclic) bond motifs is 3. The van der Waals surface area contributed by atoms with E-state index < -0.39 is 5.56 Å². The van der Waals surface area contributed by atoms with Gasteiger partial charge in [-0.15, -0.1) is 0 Å². The fourth-order valence-corrected chi connectivity index (χ4v) is 3.45. The first-order chi connectivity index (χ1) is 11.2. The van der Waals surface area contributed by atoms with Crippen LogP contribution in [-0.2, 0) is 0 Å². The van der Waals surface area contributed by atoms with E-state index in [1.807, 2.05) is 12.1 Å². The fourth-order valence-electron chi connectivity index (χ4n) is 2.42. The first-order valence-electron chi connectivity index (χ1n) is 7.01. The van der Waals surface area contributed by atoms with Gasteiger partial charge in [-0.1, -0.05) is 11.3 Å². The number of nitrogens with zero attached hydrogens (tertiary/aromatic N) is 3. The molecule has 2 aromatic heterocycles. The summed E-state index contributed by atoms with van der Waals surface area (Å²) in [7, 11) is 0. The molecule has 0 saturated carbocycles. The number of nitriles is 1. The number of hydrogen-bond donors (Lipinski definition) is 3. The van der Waals surface area contributed by atoms with Gasteiger partial charge in [0.25, 0.3) is 5.56 Å². The SMILES string of the molecule is N#Cc1cc2c(ccc3sc(N(CCO)CCO)nc32)[nH]c1=O. The van der Waals surface area contributed by atoms with E-state index >= 15 is 0 Å². The summed E-state index contributed by atoms with van der Waals surface area (Å²) in [4.78, 5) is 20.8. The third kappa shape index (κ3) is 2.77. The monoisotopic (exact) mass is 330 g/mol. The number of pyridine rings is 1. The Morgan fingerprint density at radius 2 is 2.04 bits per heavy atom. The summed E-state index contributed by atoms with van der Waals surface area (Å²) in [6.45, 7) is 0.669. The molecule has 118 valence electrons. The van der Waals surface area contributed by atoms with Gasteiger partial charge >= 0.3 is 0 Å². The van der Waals surface area contributed by atoms with E-state index in [1.165, 1.54) is 11.3 Å². The number of hydrogen-bond acceptors (Lipinski definition) is 7. The number of H-pyrrole nitrogens is 1. The van der Waals surface area contributed by atoms with Crippen LogP contribution >= 0.6 is 11.3 Å². The number of benzene rings is 1. The highest BCUT2D eigenvalue weighted by molar-refractivity contribution is 7.22. The summed E-state index contributed by atoms with van der Waals surface area (Å²) < 4.78 is 0.907. The second-order valence-electron chi connectivity index (χ2n) is 4.93. The number of thiazole rings is 1. The molecule has 0 aliphatic rings. The minimum Gasteiger partial charge on any atom is -0.395 e. The Bertz CT molecular complexity index is 951. The predicted molar refractivity (Wildman–Crippen MR) is 88.8 cm³/mol. The molecule has 0 spiro atoms. The smallest absolute Gasteiger partial charge is 0.266 e. The molecule has 1 aromatic carbocycles. The Labute approximate surface area is 135 Å². The maximum Gasteiger partial charge on any atom is 0.266 e. The van der Waals surface area contributed by atoms with E-state index in [9.17, 15) is 4.79 Å². The lowest BCUT2D eigenvalue weighted by Gasteiger charge is -2.18. The minimum absolute atomic E-state index is 0.0391. The van der Waals surface area contributed by atoms with Crippen LogP contribution in [0.25, 0.3) is 21.1 Å². The van der Waals surface area contributed by atoms with Crippen LogP contribution < -0.4 is 10.5 Å². The normalized spacial score (nSPS) is 11.0. The number of anilines is 1. The van der Waals surface area contributed by atoms with Crippen LogP contribution in [0.15, 0.2) is 23.0 Å². The van der Waals surface area contributed by atoms with Gasteiger partial charge < -0.3 is 20.1 Å².